The summed E-state index contributed by atoms with van der Waals surface area (Å²) in [5.41, 5.74) is 13.2. The third-order valence-electron chi connectivity index (χ3n) is 9.30. The van der Waals surface area contributed by atoms with Gasteiger partial charge in [0.05, 0.1) is 11.2 Å². The molecule has 0 amide bonds. The van der Waals surface area contributed by atoms with Crippen LogP contribution in [0.1, 0.15) is 25.0 Å². The minimum absolute atomic E-state index is 0.178. The molecule has 3 nitrogen and oxygen atoms in total. The maximum Gasteiger partial charge on any atom is 0.161 e. The smallest absolute Gasteiger partial charge is 0.161 e. The van der Waals surface area contributed by atoms with Crippen molar-refractivity contribution in [3.8, 4) is 44.9 Å². The average molecular weight is 565 g/mol. The van der Waals surface area contributed by atoms with Crippen LogP contribution >= 0.6 is 0 Å². The highest BCUT2D eigenvalue weighted by molar-refractivity contribution is 6.06. The van der Waals surface area contributed by atoms with Crippen LogP contribution in [-0.4, -0.2) is 9.97 Å². The molecule has 208 valence electrons. The zero-order valence-corrected chi connectivity index (χ0v) is 24.5. The molecule has 0 radical (unpaired) electrons. The van der Waals surface area contributed by atoms with Crippen LogP contribution in [0, 0.1) is 0 Å². The van der Waals surface area contributed by atoms with Gasteiger partial charge in [0.15, 0.2) is 5.82 Å². The molecule has 0 aliphatic heterocycles. The van der Waals surface area contributed by atoms with Crippen molar-refractivity contribution in [1.82, 2.24) is 9.97 Å². The Morgan fingerprint density at radius 2 is 1.23 bits per heavy atom. The van der Waals surface area contributed by atoms with Gasteiger partial charge in [0.1, 0.15) is 11.2 Å². The molecule has 3 heteroatoms. The first-order valence-electron chi connectivity index (χ1n) is 15.1. The lowest BCUT2D eigenvalue weighted by Gasteiger charge is -2.22. The number of para-hydroxylation sites is 2. The molecule has 1 aliphatic rings. The highest BCUT2D eigenvalue weighted by Gasteiger charge is 2.37. The minimum Gasteiger partial charge on any atom is -0.456 e. The van der Waals surface area contributed by atoms with Crippen molar-refractivity contribution < 1.29 is 4.42 Å². The topological polar surface area (TPSA) is 38.9 Å². The molecule has 8 aromatic rings. The van der Waals surface area contributed by atoms with Crippen molar-refractivity contribution in [2.45, 2.75) is 19.3 Å². The molecule has 9 rings (SSSR count). The predicted molar refractivity (Wildman–Crippen MR) is 181 cm³/mol. The van der Waals surface area contributed by atoms with Crippen molar-refractivity contribution >= 4 is 32.8 Å². The van der Waals surface area contributed by atoms with E-state index in [1.807, 2.05) is 24.3 Å². The van der Waals surface area contributed by atoms with E-state index >= 15 is 0 Å². The second kappa shape index (κ2) is 9.23. The molecule has 2 heterocycles. The van der Waals surface area contributed by atoms with E-state index < -0.39 is 0 Å². The molecule has 0 spiro atoms. The number of hydrogen-bond donors (Lipinski definition) is 0. The van der Waals surface area contributed by atoms with E-state index in [1.54, 1.807) is 0 Å². The zero-order valence-electron chi connectivity index (χ0n) is 24.5. The number of fused-ring (bicyclic) bond motifs is 7. The van der Waals surface area contributed by atoms with Crippen molar-refractivity contribution in [2.75, 3.05) is 0 Å². The normalized spacial score (nSPS) is 13.4. The Kier molecular flexibility index (Phi) is 5.24. The van der Waals surface area contributed by atoms with Gasteiger partial charge < -0.3 is 4.42 Å². The maximum absolute atomic E-state index is 6.10. The van der Waals surface area contributed by atoms with Gasteiger partial charge in [0, 0.05) is 32.7 Å². The number of furan rings is 1. The summed E-state index contributed by atoms with van der Waals surface area (Å²) in [6, 6.07) is 47.0. The first-order chi connectivity index (χ1) is 21.6. The van der Waals surface area contributed by atoms with E-state index in [4.69, 9.17) is 14.4 Å². The highest BCUT2D eigenvalue weighted by atomic mass is 16.3. The van der Waals surface area contributed by atoms with Gasteiger partial charge in [-0.2, -0.15) is 0 Å². The van der Waals surface area contributed by atoms with Crippen LogP contribution in [0.5, 0.6) is 0 Å². The Morgan fingerprint density at radius 3 is 2.11 bits per heavy atom. The molecule has 44 heavy (non-hydrogen) atoms. The first-order valence-corrected chi connectivity index (χ1v) is 15.1. The molecule has 6 aromatic carbocycles. The molecule has 0 unspecified atom stereocenters. The monoisotopic (exact) mass is 564 g/mol. The molecule has 0 saturated carbocycles. The van der Waals surface area contributed by atoms with Gasteiger partial charge >= 0.3 is 0 Å². The fraction of sp³-hybridized carbons (Fsp3) is 0.0732. The second-order valence-corrected chi connectivity index (χ2v) is 12.2. The highest BCUT2D eigenvalue weighted by Crippen LogP contribution is 2.53. The molecule has 0 N–H and O–H groups in total. The SMILES string of the molecule is CC1(C)c2cc(-c3ccc4oc5ccccc5c4c3)ccc2-c2c(-c3nc(-c4ccccc4)c4ccccc4n3)cccc21. The van der Waals surface area contributed by atoms with Gasteiger partial charge in [0.25, 0.3) is 0 Å². The Labute approximate surface area is 255 Å². The van der Waals surface area contributed by atoms with Crippen LogP contribution in [0.25, 0.3) is 77.7 Å². The largest absolute Gasteiger partial charge is 0.456 e. The molecule has 1 aliphatic carbocycles. The summed E-state index contributed by atoms with van der Waals surface area (Å²) < 4.78 is 6.10. The van der Waals surface area contributed by atoms with Gasteiger partial charge in [-0.1, -0.05) is 117 Å². The lowest BCUT2D eigenvalue weighted by molar-refractivity contribution is 0.660. The fourth-order valence-corrected chi connectivity index (χ4v) is 7.07. The third-order valence-corrected chi connectivity index (χ3v) is 9.30. The third kappa shape index (κ3) is 3.62. The van der Waals surface area contributed by atoms with Crippen LogP contribution in [0.4, 0.5) is 0 Å². The molecule has 0 saturated heterocycles. The summed E-state index contributed by atoms with van der Waals surface area (Å²) in [7, 11) is 0. The minimum atomic E-state index is -0.178. The molecule has 0 bridgehead atoms. The summed E-state index contributed by atoms with van der Waals surface area (Å²) >= 11 is 0. The summed E-state index contributed by atoms with van der Waals surface area (Å²) in [6.07, 6.45) is 0. The molecule has 0 atom stereocenters. The van der Waals surface area contributed by atoms with Gasteiger partial charge in [-0.05, 0) is 63.7 Å². The molecular formula is C41H28N2O. The Hall–Kier alpha value is -5.54. The lowest BCUT2D eigenvalue weighted by atomic mass is 9.81. The lowest BCUT2D eigenvalue weighted by Crippen LogP contribution is -2.15. The number of aromatic nitrogens is 2. The van der Waals surface area contributed by atoms with Crippen molar-refractivity contribution in [3.05, 3.63) is 145 Å². The van der Waals surface area contributed by atoms with E-state index in [0.717, 1.165) is 55.5 Å². The Balaban J connectivity index is 1.22. The van der Waals surface area contributed by atoms with E-state index in [2.05, 4.69) is 123 Å². The van der Waals surface area contributed by atoms with Crippen molar-refractivity contribution in [1.29, 1.82) is 0 Å². The van der Waals surface area contributed by atoms with E-state index in [9.17, 15) is 0 Å². The molecule has 0 fully saturated rings. The molecule has 2 aromatic heterocycles. The van der Waals surface area contributed by atoms with E-state index in [1.165, 1.54) is 33.4 Å². The van der Waals surface area contributed by atoms with E-state index in [0.29, 0.717) is 0 Å². The number of benzene rings is 6. The first kappa shape index (κ1) is 25.0. The Morgan fingerprint density at radius 1 is 0.500 bits per heavy atom. The number of rotatable bonds is 3. The number of hydrogen-bond acceptors (Lipinski definition) is 3. The summed E-state index contributed by atoms with van der Waals surface area (Å²) in [6.45, 7) is 4.66. The van der Waals surface area contributed by atoms with Crippen molar-refractivity contribution in [2.24, 2.45) is 0 Å². The van der Waals surface area contributed by atoms with Gasteiger partial charge in [-0.25, -0.2) is 9.97 Å². The quantitative estimate of drug-likeness (QED) is 0.214. The Bertz CT molecular complexity index is 2420. The fourth-order valence-electron chi connectivity index (χ4n) is 7.07. The average Bonchev–Trinajstić information content (AvgIpc) is 3.56. The second-order valence-electron chi connectivity index (χ2n) is 12.2. The summed E-state index contributed by atoms with van der Waals surface area (Å²) in [5.74, 6) is 0.754. The standard InChI is InChI=1S/C41H28N2O/c1-41(2)33-16-10-15-31(40-42-35-17-8-6-14-30(35)39(43-40)25-11-4-3-5-12-25)38(33)29-21-19-27(24-34(29)41)26-20-22-37-32(23-26)28-13-7-9-18-36(28)44-37/h3-24H,1-2H3. The summed E-state index contributed by atoms with van der Waals surface area (Å²) in [5, 5.41) is 3.35. The van der Waals surface area contributed by atoms with Crippen LogP contribution in [0.2, 0.25) is 0 Å². The summed E-state index contributed by atoms with van der Waals surface area (Å²) in [4.78, 5) is 10.4. The zero-order chi connectivity index (χ0) is 29.4. The van der Waals surface area contributed by atoms with Crippen LogP contribution < -0.4 is 0 Å². The maximum atomic E-state index is 6.10. The molecular weight excluding hydrogens is 536 g/mol. The van der Waals surface area contributed by atoms with Crippen LogP contribution in [0.3, 0.4) is 0 Å². The number of nitrogens with zero attached hydrogens (tertiary/aromatic N) is 2. The van der Waals surface area contributed by atoms with E-state index in [-0.39, 0.29) is 5.41 Å². The predicted octanol–water partition coefficient (Wildman–Crippen LogP) is 10.8. The van der Waals surface area contributed by atoms with Crippen molar-refractivity contribution in [3.63, 3.8) is 0 Å². The van der Waals surface area contributed by atoms with Gasteiger partial charge in [-0.15, -0.1) is 0 Å². The van der Waals surface area contributed by atoms with Crippen LogP contribution in [-0.2, 0) is 5.41 Å². The van der Waals surface area contributed by atoms with Crippen LogP contribution in [0.15, 0.2) is 138 Å². The van der Waals surface area contributed by atoms with Gasteiger partial charge in [-0.3, -0.25) is 0 Å². The van der Waals surface area contributed by atoms with Gasteiger partial charge in [0.2, 0.25) is 0 Å².